The van der Waals surface area contributed by atoms with Crippen LogP contribution in [-0.2, 0) is 0 Å². The highest BCUT2D eigenvalue weighted by Gasteiger charge is 2.17. The molecule has 6 aromatic carbocycles. The van der Waals surface area contributed by atoms with Gasteiger partial charge in [-0.05, 0) is 102 Å². The zero-order chi connectivity index (χ0) is 29.9. The second kappa shape index (κ2) is 12.1. The van der Waals surface area contributed by atoms with Gasteiger partial charge in [0.05, 0.1) is 5.69 Å². The molecule has 2 nitrogen and oxygen atoms in total. The number of benzene rings is 6. The van der Waals surface area contributed by atoms with Crippen molar-refractivity contribution in [2.75, 3.05) is 16.8 Å². The summed E-state index contributed by atoms with van der Waals surface area (Å²) in [5.74, 6) is 0. The lowest BCUT2D eigenvalue weighted by Gasteiger charge is -2.28. The third-order valence-electron chi connectivity index (χ3n) is 8.68. The number of nitrogens with zero attached hydrogens (tertiary/aromatic N) is 2. The Kier molecular flexibility index (Phi) is 7.56. The van der Waals surface area contributed by atoms with Crippen LogP contribution in [0, 0.1) is 6.92 Å². The molecule has 0 radical (unpaired) electrons. The molecule has 0 N–H and O–H groups in total. The molecule has 0 fully saturated rings. The van der Waals surface area contributed by atoms with Crippen molar-refractivity contribution in [3.8, 4) is 11.1 Å². The van der Waals surface area contributed by atoms with E-state index in [2.05, 4.69) is 182 Å². The van der Waals surface area contributed by atoms with Crippen LogP contribution in [0.5, 0.6) is 0 Å². The summed E-state index contributed by atoms with van der Waals surface area (Å²) < 4.78 is 0. The van der Waals surface area contributed by atoms with Crippen LogP contribution in [0.15, 0.2) is 163 Å². The summed E-state index contributed by atoms with van der Waals surface area (Å²) >= 11 is 0. The Morgan fingerprint density at radius 1 is 0.500 bits per heavy atom. The first-order chi connectivity index (χ1) is 21.6. The molecule has 0 saturated carbocycles. The van der Waals surface area contributed by atoms with Gasteiger partial charge < -0.3 is 9.80 Å². The van der Waals surface area contributed by atoms with E-state index in [9.17, 15) is 0 Å². The lowest BCUT2D eigenvalue weighted by atomic mass is 9.95. The van der Waals surface area contributed by atoms with Crippen LogP contribution in [0.1, 0.15) is 24.0 Å². The topological polar surface area (TPSA) is 6.48 Å². The summed E-state index contributed by atoms with van der Waals surface area (Å²) in [5, 5.41) is 2.47. The van der Waals surface area contributed by atoms with E-state index >= 15 is 0 Å². The van der Waals surface area contributed by atoms with Crippen LogP contribution < -0.4 is 9.80 Å². The first kappa shape index (κ1) is 27.5. The highest BCUT2D eigenvalue weighted by molar-refractivity contribution is 5.99. The Morgan fingerprint density at radius 2 is 1.14 bits per heavy atom. The van der Waals surface area contributed by atoms with Crippen LogP contribution in [0.2, 0.25) is 0 Å². The number of hydrogen-bond acceptors (Lipinski definition) is 2. The average molecular weight is 569 g/mol. The lowest BCUT2D eigenvalue weighted by molar-refractivity contribution is 0.907. The van der Waals surface area contributed by atoms with Gasteiger partial charge in [-0.25, -0.2) is 0 Å². The predicted molar refractivity (Wildman–Crippen MR) is 189 cm³/mol. The largest absolute Gasteiger partial charge is 0.348 e. The van der Waals surface area contributed by atoms with Gasteiger partial charge in [0, 0.05) is 35.2 Å². The molecular formula is C42H36N2. The Hall–Kier alpha value is -5.34. The molecule has 214 valence electrons. The second-order valence-electron chi connectivity index (χ2n) is 11.5. The Balaban J connectivity index is 1.22. The summed E-state index contributed by atoms with van der Waals surface area (Å²) in [4.78, 5) is 4.69. The maximum Gasteiger partial charge on any atom is 0.0540 e. The van der Waals surface area contributed by atoms with Gasteiger partial charge in [0.25, 0.3) is 0 Å². The number of aryl methyl sites for hydroxylation is 1. The number of allylic oxidation sites excluding steroid dienone is 4. The van der Waals surface area contributed by atoms with E-state index < -0.39 is 0 Å². The SMILES string of the molecule is Cc1cccc(N(C)C2=CC=C(c3ccc(N(c4ccc(-c5ccccc5)cc4)c4cccc5ccccc45)cc3)CC2)c1. The summed E-state index contributed by atoms with van der Waals surface area (Å²) in [7, 11) is 2.17. The minimum absolute atomic E-state index is 1.02. The Morgan fingerprint density at radius 3 is 1.84 bits per heavy atom. The fourth-order valence-corrected chi connectivity index (χ4v) is 6.24. The van der Waals surface area contributed by atoms with E-state index in [0.717, 1.165) is 24.2 Å². The number of anilines is 4. The van der Waals surface area contributed by atoms with Crippen LogP contribution in [0.25, 0.3) is 27.5 Å². The molecule has 0 spiro atoms. The monoisotopic (exact) mass is 568 g/mol. The van der Waals surface area contributed by atoms with Gasteiger partial charge in [-0.3, -0.25) is 0 Å². The Labute approximate surface area is 260 Å². The number of rotatable bonds is 7. The van der Waals surface area contributed by atoms with Crippen molar-refractivity contribution in [2.45, 2.75) is 19.8 Å². The molecule has 6 aromatic rings. The van der Waals surface area contributed by atoms with Crippen LogP contribution in [-0.4, -0.2) is 7.05 Å². The van der Waals surface area contributed by atoms with E-state index in [4.69, 9.17) is 0 Å². The minimum Gasteiger partial charge on any atom is -0.348 e. The molecule has 2 heteroatoms. The van der Waals surface area contributed by atoms with Gasteiger partial charge in [0.1, 0.15) is 0 Å². The predicted octanol–water partition coefficient (Wildman–Crippen LogP) is 11.5. The van der Waals surface area contributed by atoms with E-state index in [-0.39, 0.29) is 0 Å². The van der Waals surface area contributed by atoms with Crippen molar-refractivity contribution in [2.24, 2.45) is 0 Å². The molecule has 0 saturated heterocycles. The molecule has 1 aliphatic rings. The summed E-state index contributed by atoms with van der Waals surface area (Å²) in [6.07, 6.45) is 6.62. The molecule has 0 aromatic heterocycles. The van der Waals surface area contributed by atoms with Crippen molar-refractivity contribution in [1.29, 1.82) is 0 Å². The van der Waals surface area contributed by atoms with Gasteiger partial charge >= 0.3 is 0 Å². The number of hydrogen-bond donors (Lipinski definition) is 0. The maximum absolute atomic E-state index is 2.38. The summed E-state index contributed by atoms with van der Waals surface area (Å²) in [5.41, 5.74) is 12.4. The fraction of sp³-hybridized carbons (Fsp3) is 0.0952. The molecule has 0 unspecified atom stereocenters. The van der Waals surface area contributed by atoms with Crippen molar-refractivity contribution >= 4 is 39.1 Å². The maximum atomic E-state index is 2.38. The van der Waals surface area contributed by atoms with E-state index in [1.54, 1.807) is 0 Å². The van der Waals surface area contributed by atoms with Crippen LogP contribution in [0.4, 0.5) is 22.7 Å². The van der Waals surface area contributed by atoms with Crippen LogP contribution >= 0.6 is 0 Å². The van der Waals surface area contributed by atoms with E-state index in [0.29, 0.717) is 0 Å². The first-order valence-electron chi connectivity index (χ1n) is 15.4. The Bertz CT molecular complexity index is 1960. The smallest absolute Gasteiger partial charge is 0.0540 e. The molecule has 0 amide bonds. The second-order valence-corrected chi connectivity index (χ2v) is 11.5. The third-order valence-corrected chi connectivity index (χ3v) is 8.68. The average Bonchev–Trinajstić information content (AvgIpc) is 3.09. The van der Waals surface area contributed by atoms with Crippen molar-refractivity contribution in [3.63, 3.8) is 0 Å². The van der Waals surface area contributed by atoms with Gasteiger partial charge in [0.15, 0.2) is 0 Å². The lowest BCUT2D eigenvalue weighted by Crippen LogP contribution is -2.17. The van der Waals surface area contributed by atoms with Crippen molar-refractivity contribution in [1.82, 2.24) is 0 Å². The first-order valence-corrected chi connectivity index (χ1v) is 15.4. The van der Waals surface area contributed by atoms with Gasteiger partial charge in [-0.2, -0.15) is 0 Å². The highest BCUT2D eigenvalue weighted by Crippen LogP contribution is 2.40. The van der Waals surface area contributed by atoms with E-state index in [1.807, 2.05) is 0 Å². The van der Waals surface area contributed by atoms with E-state index in [1.165, 1.54) is 55.7 Å². The molecular weight excluding hydrogens is 532 g/mol. The third kappa shape index (κ3) is 5.55. The summed E-state index contributed by atoms with van der Waals surface area (Å²) in [6, 6.07) is 52.5. The molecule has 0 aliphatic heterocycles. The zero-order valence-electron chi connectivity index (χ0n) is 25.3. The summed E-state index contributed by atoms with van der Waals surface area (Å²) in [6.45, 7) is 2.15. The molecule has 0 atom stereocenters. The van der Waals surface area contributed by atoms with Gasteiger partial charge in [-0.15, -0.1) is 0 Å². The standard InChI is InChI=1S/C42H36N2/c1-31-10-8-15-40(30-31)43(2)37-24-18-34(19-25-37)35-22-28-39(29-23-35)44(42-17-9-14-36-13-6-7-16-41(36)42)38-26-20-33(21-27-38)32-11-4-3-5-12-32/h3-18,20-24,26-30H,19,25H2,1-2H3. The molecule has 0 heterocycles. The quantitative estimate of drug-likeness (QED) is 0.189. The normalized spacial score (nSPS) is 12.9. The van der Waals surface area contributed by atoms with Gasteiger partial charge in [-0.1, -0.05) is 109 Å². The molecule has 44 heavy (non-hydrogen) atoms. The molecule has 0 bridgehead atoms. The van der Waals surface area contributed by atoms with Crippen molar-refractivity contribution in [3.05, 3.63) is 175 Å². The van der Waals surface area contributed by atoms with Crippen LogP contribution in [0.3, 0.4) is 0 Å². The minimum atomic E-state index is 1.02. The zero-order valence-corrected chi connectivity index (χ0v) is 25.3. The highest BCUT2D eigenvalue weighted by atomic mass is 15.1. The molecule has 1 aliphatic carbocycles. The van der Waals surface area contributed by atoms with Crippen molar-refractivity contribution < 1.29 is 0 Å². The number of fused-ring (bicyclic) bond motifs is 1. The van der Waals surface area contributed by atoms with Gasteiger partial charge in [0.2, 0.25) is 0 Å². The molecule has 7 rings (SSSR count). The fourth-order valence-electron chi connectivity index (χ4n) is 6.24.